The Kier molecular flexibility index (Phi) is 5.68. The Bertz CT molecular complexity index is 343. The number of ether oxygens (including phenoxy) is 1. The molecule has 0 unspecified atom stereocenters. The fraction of sp³-hybridized carbons (Fsp3) is 0.706. The maximum Gasteiger partial charge on any atom is 0.334 e. The number of hydrogen-bond donors (Lipinski definition) is 0. The lowest BCUT2D eigenvalue weighted by Gasteiger charge is -2.17. The molecule has 1 aliphatic carbocycles. The van der Waals surface area contributed by atoms with E-state index >= 15 is 0 Å². The van der Waals surface area contributed by atoms with Gasteiger partial charge in [0.2, 0.25) is 0 Å². The van der Waals surface area contributed by atoms with Crippen molar-refractivity contribution in [3.05, 3.63) is 24.3 Å². The van der Waals surface area contributed by atoms with E-state index in [2.05, 4.69) is 18.7 Å². The first kappa shape index (κ1) is 14.4. The van der Waals surface area contributed by atoms with Crippen molar-refractivity contribution in [2.75, 3.05) is 0 Å². The predicted molar refractivity (Wildman–Crippen MR) is 77.8 cm³/mol. The third-order valence-electron chi connectivity index (χ3n) is 4.33. The Hall–Kier alpha value is -1.05. The van der Waals surface area contributed by atoms with Crippen molar-refractivity contribution in [3.8, 4) is 0 Å². The SMILES string of the molecule is C=C1C(=O)O[C@H]2CCCCCCC/C=C/CCC[C@@H]12. The van der Waals surface area contributed by atoms with Crippen molar-refractivity contribution in [2.45, 2.75) is 70.3 Å². The Morgan fingerprint density at radius 3 is 2.47 bits per heavy atom. The van der Waals surface area contributed by atoms with Gasteiger partial charge in [0.05, 0.1) is 0 Å². The number of fused-ring (bicyclic) bond motifs is 1. The second-order valence-electron chi connectivity index (χ2n) is 5.82. The van der Waals surface area contributed by atoms with E-state index in [1.807, 2.05) is 0 Å². The van der Waals surface area contributed by atoms with Crippen LogP contribution in [0.3, 0.4) is 0 Å². The average molecular weight is 262 g/mol. The maximum atomic E-state index is 11.6. The maximum absolute atomic E-state index is 11.6. The van der Waals surface area contributed by atoms with E-state index in [4.69, 9.17) is 4.74 Å². The number of hydrogen-bond acceptors (Lipinski definition) is 2. The molecule has 2 atom stereocenters. The Balaban J connectivity index is 1.92. The summed E-state index contributed by atoms with van der Waals surface area (Å²) in [5.41, 5.74) is 0.709. The van der Waals surface area contributed by atoms with Crippen LogP contribution < -0.4 is 0 Å². The van der Waals surface area contributed by atoms with Crippen molar-refractivity contribution in [3.63, 3.8) is 0 Å². The Morgan fingerprint density at radius 2 is 1.63 bits per heavy atom. The molecular formula is C17H26O2. The van der Waals surface area contributed by atoms with Gasteiger partial charge in [-0.05, 0) is 44.9 Å². The van der Waals surface area contributed by atoms with Gasteiger partial charge in [-0.15, -0.1) is 0 Å². The lowest BCUT2D eigenvalue weighted by atomic mass is 9.88. The van der Waals surface area contributed by atoms with Crippen LogP contribution in [0, 0.1) is 5.92 Å². The molecule has 19 heavy (non-hydrogen) atoms. The minimum atomic E-state index is -0.158. The van der Waals surface area contributed by atoms with Gasteiger partial charge in [0.25, 0.3) is 0 Å². The van der Waals surface area contributed by atoms with Gasteiger partial charge >= 0.3 is 5.97 Å². The molecule has 0 bridgehead atoms. The molecule has 0 radical (unpaired) electrons. The molecule has 0 saturated carbocycles. The third-order valence-corrected chi connectivity index (χ3v) is 4.33. The normalized spacial score (nSPS) is 32.2. The zero-order chi connectivity index (χ0) is 13.5. The van der Waals surface area contributed by atoms with Crippen LogP contribution in [0.25, 0.3) is 0 Å². The van der Waals surface area contributed by atoms with E-state index < -0.39 is 0 Å². The molecule has 2 nitrogen and oxygen atoms in total. The molecule has 0 aromatic carbocycles. The van der Waals surface area contributed by atoms with E-state index in [9.17, 15) is 4.79 Å². The van der Waals surface area contributed by atoms with Crippen LogP contribution in [0.5, 0.6) is 0 Å². The lowest BCUT2D eigenvalue weighted by Crippen LogP contribution is -2.16. The van der Waals surface area contributed by atoms with E-state index in [1.165, 1.54) is 38.5 Å². The van der Waals surface area contributed by atoms with E-state index in [1.54, 1.807) is 0 Å². The van der Waals surface area contributed by atoms with Crippen molar-refractivity contribution in [1.82, 2.24) is 0 Å². The molecule has 1 aliphatic heterocycles. The largest absolute Gasteiger partial charge is 0.458 e. The van der Waals surface area contributed by atoms with Crippen molar-refractivity contribution in [1.29, 1.82) is 0 Å². The van der Waals surface area contributed by atoms with Gasteiger partial charge in [-0.1, -0.05) is 38.0 Å². The molecule has 0 N–H and O–H groups in total. The van der Waals surface area contributed by atoms with Crippen molar-refractivity contribution in [2.24, 2.45) is 5.92 Å². The predicted octanol–water partition coefficient (Wildman–Crippen LogP) is 4.56. The highest BCUT2D eigenvalue weighted by atomic mass is 16.6. The molecule has 1 saturated heterocycles. The highest BCUT2D eigenvalue weighted by Gasteiger charge is 2.37. The van der Waals surface area contributed by atoms with Crippen molar-refractivity contribution < 1.29 is 9.53 Å². The smallest absolute Gasteiger partial charge is 0.334 e. The van der Waals surface area contributed by atoms with Crippen LogP contribution in [-0.2, 0) is 9.53 Å². The number of rotatable bonds is 0. The number of allylic oxidation sites excluding steroid dienone is 2. The van der Waals surface area contributed by atoms with Gasteiger partial charge in [0.1, 0.15) is 6.10 Å². The lowest BCUT2D eigenvalue weighted by molar-refractivity contribution is -0.139. The average Bonchev–Trinajstić information content (AvgIpc) is 2.67. The molecule has 106 valence electrons. The molecule has 0 amide bonds. The monoisotopic (exact) mass is 262 g/mol. The topological polar surface area (TPSA) is 26.3 Å². The van der Waals surface area contributed by atoms with Crippen molar-refractivity contribution >= 4 is 5.97 Å². The van der Waals surface area contributed by atoms with Gasteiger partial charge in [0, 0.05) is 11.5 Å². The van der Waals surface area contributed by atoms with Gasteiger partial charge in [-0.3, -0.25) is 0 Å². The summed E-state index contributed by atoms with van der Waals surface area (Å²) < 4.78 is 5.48. The third kappa shape index (κ3) is 4.22. The summed E-state index contributed by atoms with van der Waals surface area (Å²) in [6.07, 6.45) is 16.6. The number of carbonyl (C=O) groups is 1. The summed E-state index contributed by atoms with van der Waals surface area (Å²) in [5.74, 6) is 0.110. The molecule has 2 heteroatoms. The van der Waals surface area contributed by atoms with E-state index in [-0.39, 0.29) is 18.0 Å². The van der Waals surface area contributed by atoms with Crippen LogP contribution in [0.15, 0.2) is 24.3 Å². The highest BCUT2D eigenvalue weighted by Crippen LogP contribution is 2.34. The van der Waals surface area contributed by atoms with Gasteiger partial charge in [0.15, 0.2) is 0 Å². The zero-order valence-electron chi connectivity index (χ0n) is 11.9. The Morgan fingerprint density at radius 1 is 0.947 bits per heavy atom. The molecule has 0 spiro atoms. The second-order valence-corrected chi connectivity index (χ2v) is 5.82. The summed E-state index contributed by atoms with van der Waals surface area (Å²) >= 11 is 0. The van der Waals surface area contributed by atoms with Gasteiger partial charge in [-0.25, -0.2) is 4.79 Å². The minimum Gasteiger partial charge on any atom is -0.458 e. The standard InChI is InChI=1S/C17H26O2/c1-14-15-12-10-8-6-4-2-3-5-7-9-11-13-16(15)19-17(14)18/h4,6,15-16H,1-3,5,7-13H2/b6-4+/t15-,16-/m0/s1. The number of esters is 1. The van der Waals surface area contributed by atoms with Crippen LogP contribution in [0.4, 0.5) is 0 Å². The summed E-state index contributed by atoms with van der Waals surface area (Å²) in [4.78, 5) is 11.6. The molecule has 0 aromatic rings. The van der Waals surface area contributed by atoms with E-state index in [0.717, 1.165) is 25.7 Å². The first-order valence-electron chi connectivity index (χ1n) is 7.84. The van der Waals surface area contributed by atoms with Crippen LogP contribution in [0.1, 0.15) is 64.2 Å². The molecule has 2 rings (SSSR count). The quantitative estimate of drug-likeness (QED) is 0.363. The summed E-state index contributed by atoms with van der Waals surface area (Å²) in [5, 5.41) is 0. The zero-order valence-corrected chi connectivity index (χ0v) is 11.9. The first-order chi connectivity index (χ1) is 9.29. The van der Waals surface area contributed by atoms with Gasteiger partial charge in [-0.2, -0.15) is 0 Å². The summed E-state index contributed by atoms with van der Waals surface area (Å²) in [6.45, 7) is 3.93. The minimum absolute atomic E-state index is 0.104. The van der Waals surface area contributed by atoms with Gasteiger partial charge < -0.3 is 4.74 Å². The highest BCUT2D eigenvalue weighted by molar-refractivity contribution is 5.90. The molecule has 1 heterocycles. The molecule has 0 aromatic heterocycles. The van der Waals surface area contributed by atoms with Crippen LogP contribution >= 0.6 is 0 Å². The fourth-order valence-electron chi connectivity index (χ4n) is 3.12. The van der Waals surface area contributed by atoms with Crippen LogP contribution in [0.2, 0.25) is 0 Å². The Labute approximate surface area is 116 Å². The fourth-order valence-corrected chi connectivity index (χ4v) is 3.12. The van der Waals surface area contributed by atoms with E-state index in [0.29, 0.717) is 5.57 Å². The molecule has 1 fully saturated rings. The molecule has 2 aliphatic rings. The summed E-state index contributed by atoms with van der Waals surface area (Å²) in [7, 11) is 0. The number of carbonyl (C=O) groups excluding carboxylic acids is 1. The summed E-state index contributed by atoms with van der Waals surface area (Å²) in [6, 6.07) is 0. The first-order valence-corrected chi connectivity index (χ1v) is 7.84. The van der Waals surface area contributed by atoms with Crippen LogP contribution in [-0.4, -0.2) is 12.1 Å². The molecular weight excluding hydrogens is 236 g/mol. The second kappa shape index (κ2) is 7.52.